The second-order valence-corrected chi connectivity index (χ2v) is 14.2. The van der Waals surface area contributed by atoms with Crippen molar-refractivity contribution in [2.45, 2.75) is 5.60 Å². The van der Waals surface area contributed by atoms with E-state index in [0.29, 0.717) is 27.2 Å². The molecule has 4 aromatic carbocycles. The Kier molecular flexibility index (Phi) is 6.18. The maximum absolute atomic E-state index is 14.6. The van der Waals surface area contributed by atoms with E-state index in [0.717, 1.165) is 0 Å². The molecule has 0 aromatic heterocycles. The first-order valence-electron chi connectivity index (χ1n) is 13.1. The average molecular weight is 566 g/mol. The number of anilines is 1. The van der Waals surface area contributed by atoms with Crippen molar-refractivity contribution in [3.05, 3.63) is 132 Å². The third-order valence-electron chi connectivity index (χ3n) is 8.10. The van der Waals surface area contributed by atoms with Gasteiger partial charge in [0.05, 0.1) is 0 Å². The van der Waals surface area contributed by atoms with Crippen LogP contribution in [0.15, 0.2) is 126 Å². The van der Waals surface area contributed by atoms with Crippen molar-refractivity contribution in [1.29, 1.82) is 0 Å². The van der Waals surface area contributed by atoms with Crippen LogP contribution in [0, 0.1) is 0 Å². The summed E-state index contributed by atoms with van der Waals surface area (Å²) in [4.78, 5) is 44.5. The Bertz CT molecular complexity index is 1620. The summed E-state index contributed by atoms with van der Waals surface area (Å²) < 4.78 is 18.4. The van der Waals surface area contributed by atoms with Gasteiger partial charge in [-0.25, -0.2) is 0 Å². The minimum atomic E-state index is -4.73. The summed E-state index contributed by atoms with van der Waals surface area (Å²) >= 11 is 0. The van der Waals surface area contributed by atoms with Crippen LogP contribution >= 0.6 is 6.83 Å². The van der Waals surface area contributed by atoms with Crippen molar-refractivity contribution in [2.75, 3.05) is 26.2 Å². The van der Waals surface area contributed by atoms with Crippen LogP contribution in [0.3, 0.4) is 0 Å². The fourth-order valence-electron chi connectivity index (χ4n) is 6.45. The van der Waals surface area contributed by atoms with E-state index in [-0.39, 0.29) is 10.9 Å². The minimum absolute atomic E-state index is 0.0209. The molecule has 0 bridgehead atoms. The molecule has 0 saturated carbocycles. The number of benzene rings is 4. The number of carbonyl (C=O) groups excluding carboxylic acids is 3. The molecule has 0 saturated heterocycles. The van der Waals surface area contributed by atoms with Gasteiger partial charge in [-0.2, -0.15) is 0 Å². The first-order valence-corrected chi connectivity index (χ1v) is 15.2. The number of fused-ring (bicyclic) bond motifs is 2. The van der Waals surface area contributed by atoms with Crippen LogP contribution in [0.4, 0.5) is 5.69 Å². The Labute approximate surface area is 238 Å². The third kappa shape index (κ3) is 3.19. The number of carbonyl (C=O) groups is 3. The van der Waals surface area contributed by atoms with Crippen LogP contribution in [-0.4, -0.2) is 39.1 Å². The third-order valence-corrected chi connectivity index (χ3v) is 13.8. The van der Waals surface area contributed by atoms with Gasteiger partial charge in [-0.3, -0.25) is 0 Å². The molecule has 0 aliphatic carbocycles. The zero-order valence-electron chi connectivity index (χ0n) is 22.8. The number of hydrogen-bond acceptors (Lipinski definition) is 6. The van der Waals surface area contributed by atoms with Crippen molar-refractivity contribution in [3.63, 3.8) is 0 Å². The van der Waals surface area contributed by atoms with Crippen LogP contribution in [0.25, 0.3) is 0 Å². The van der Waals surface area contributed by atoms with Crippen LogP contribution in [0.1, 0.15) is 5.56 Å². The van der Waals surface area contributed by atoms with Crippen molar-refractivity contribution in [2.24, 2.45) is 0 Å². The zero-order chi connectivity index (χ0) is 28.9. The van der Waals surface area contributed by atoms with Crippen molar-refractivity contribution in [3.8, 4) is 0 Å². The van der Waals surface area contributed by atoms with Crippen LogP contribution in [0.5, 0.6) is 0 Å². The van der Waals surface area contributed by atoms with Crippen LogP contribution in [0.2, 0.25) is 0 Å². The van der Waals surface area contributed by atoms with E-state index in [1.807, 2.05) is 97.1 Å². The van der Waals surface area contributed by atoms with Gasteiger partial charge in [0.2, 0.25) is 0 Å². The predicted octanol–water partition coefficient (Wildman–Crippen LogP) is 3.93. The van der Waals surface area contributed by atoms with E-state index < -0.39 is 30.3 Å². The molecule has 8 heteroatoms. The zero-order valence-corrected chi connectivity index (χ0v) is 23.7. The molecule has 7 nitrogen and oxygen atoms in total. The monoisotopic (exact) mass is 565 g/mol. The number of methoxy groups -OCH3 is 2. The molecule has 0 N–H and O–H groups in total. The molecule has 0 radical (unpaired) electrons. The summed E-state index contributed by atoms with van der Waals surface area (Å²) in [5.41, 5.74) is -1.16. The molecular weight excluding hydrogens is 537 g/mol. The second kappa shape index (κ2) is 9.51. The quantitative estimate of drug-likeness (QED) is 0.270. The fourth-order valence-corrected chi connectivity index (χ4v) is 12.7. The van der Waals surface area contributed by atoms with Crippen molar-refractivity contribution >= 4 is 46.3 Å². The molecular formula is C33H28NO6P. The van der Waals surface area contributed by atoms with Crippen LogP contribution < -0.4 is 20.8 Å². The molecule has 2 heterocycles. The summed E-state index contributed by atoms with van der Waals surface area (Å²) in [5, 5.41) is 1.88. The van der Waals surface area contributed by atoms with Crippen molar-refractivity contribution < 1.29 is 28.4 Å². The molecule has 4 aromatic rings. The normalized spacial score (nSPS) is 21.2. The van der Waals surface area contributed by atoms with Gasteiger partial charge in [-0.05, 0) is 0 Å². The average Bonchev–Trinajstić information content (AvgIpc) is 3.46. The number of esters is 2. The first kappa shape index (κ1) is 26.6. The Morgan fingerprint density at radius 1 is 0.683 bits per heavy atom. The standard InChI is InChI=1S/C33H28NO6P/c1-34-27-22-14-13-21-26(27)33(32(34)37)28(30(35)38-2)29(31(36)39-3)41(40-33,23-15-7-4-8-16-23,24-17-9-5-10-18-24)25-19-11-6-12-20-25/h4-22H,1-3H3. The van der Waals surface area contributed by atoms with Crippen molar-refractivity contribution in [1.82, 2.24) is 0 Å². The molecule has 206 valence electrons. The number of nitrogens with zero attached hydrogens (tertiary/aromatic N) is 1. The van der Waals surface area contributed by atoms with Crippen LogP contribution in [-0.2, 0) is 34.0 Å². The SMILES string of the molecule is COC(=O)C1=C(C(=O)OC)P(c2ccccc2)(c2ccccc2)(c2ccccc2)OC12C(=O)N(C)c1ccccc12. The number of rotatable bonds is 5. The number of amides is 1. The van der Waals surface area contributed by atoms with E-state index in [4.69, 9.17) is 14.0 Å². The Morgan fingerprint density at radius 2 is 1.12 bits per heavy atom. The summed E-state index contributed by atoms with van der Waals surface area (Å²) in [6.45, 7) is -4.73. The van der Waals surface area contributed by atoms with Gasteiger partial charge in [-0.15, -0.1) is 0 Å². The molecule has 1 amide bonds. The fraction of sp³-hybridized carbons (Fsp3) is 0.121. The Hall–Kier alpha value is -4.58. The molecule has 6 rings (SSSR count). The molecule has 1 atom stereocenters. The van der Waals surface area contributed by atoms with E-state index in [2.05, 4.69) is 0 Å². The van der Waals surface area contributed by atoms with Gasteiger partial charge in [-0.1, -0.05) is 0 Å². The summed E-state index contributed by atoms with van der Waals surface area (Å²) in [6, 6.07) is 35.1. The predicted molar refractivity (Wildman–Crippen MR) is 159 cm³/mol. The molecule has 0 fully saturated rings. The van der Waals surface area contributed by atoms with E-state index in [1.54, 1.807) is 25.2 Å². The maximum atomic E-state index is 14.6. The second-order valence-electron chi connectivity index (χ2n) is 9.90. The summed E-state index contributed by atoms with van der Waals surface area (Å²) in [7, 11) is 4.12. The molecule has 2 aliphatic heterocycles. The Morgan fingerprint density at radius 3 is 1.59 bits per heavy atom. The van der Waals surface area contributed by atoms with E-state index in [9.17, 15) is 14.4 Å². The topological polar surface area (TPSA) is 82.1 Å². The Balaban J connectivity index is 1.96. The molecule has 1 spiro atoms. The molecule has 1 unspecified atom stereocenters. The number of ether oxygens (including phenoxy) is 2. The van der Waals surface area contributed by atoms with Gasteiger partial charge in [0.1, 0.15) is 0 Å². The number of hydrogen-bond donors (Lipinski definition) is 0. The summed E-state index contributed by atoms with van der Waals surface area (Å²) in [5.74, 6) is -2.13. The van der Waals surface area contributed by atoms with Gasteiger partial charge >= 0.3 is 238 Å². The summed E-state index contributed by atoms with van der Waals surface area (Å²) in [6.07, 6.45) is 0. The van der Waals surface area contributed by atoms with Gasteiger partial charge in [0, 0.05) is 0 Å². The number of para-hydroxylation sites is 1. The molecule has 2 aliphatic rings. The van der Waals surface area contributed by atoms with Gasteiger partial charge in [0.15, 0.2) is 0 Å². The number of likely N-dealkylation sites (N-methyl/N-ethyl adjacent to an activating group) is 1. The van der Waals surface area contributed by atoms with E-state index in [1.165, 1.54) is 19.1 Å². The first-order chi connectivity index (χ1) is 19.9. The molecule has 41 heavy (non-hydrogen) atoms. The van der Waals surface area contributed by atoms with Gasteiger partial charge in [0.25, 0.3) is 0 Å². The van der Waals surface area contributed by atoms with E-state index >= 15 is 0 Å². The van der Waals surface area contributed by atoms with Gasteiger partial charge < -0.3 is 0 Å².